The minimum atomic E-state index is 0.0447. The first-order valence-electron chi connectivity index (χ1n) is 6.92. The van der Waals surface area contributed by atoms with E-state index in [-0.39, 0.29) is 5.91 Å². The van der Waals surface area contributed by atoms with Gasteiger partial charge >= 0.3 is 0 Å². The molecule has 0 aromatic heterocycles. The van der Waals surface area contributed by atoms with Crippen LogP contribution >= 0.6 is 15.9 Å². The number of carbonyl (C=O) groups is 1. The number of para-hydroxylation sites is 1. The molecule has 2 aromatic rings. The maximum Gasteiger partial charge on any atom is 0.253 e. The fraction of sp³-hybridized carbons (Fsp3) is 0.176. The van der Waals surface area contributed by atoms with E-state index in [1.54, 1.807) is 0 Å². The summed E-state index contributed by atoms with van der Waals surface area (Å²) in [5.41, 5.74) is 3.02. The van der Waals surface area contributed by atoms with Gasteiger partial charge < -0.3 is 0 Å². The van der Waals surface area contributed by atoms with Crippen LogP contribution in [-0.2, 0) is 11.2 Å². The number of hydrogen-bond acceptors (Lipinski definition) is 2. The molecular weight excluding hydrogens is 328 g/mol. The number of benzene rings is 2. The minimum absolute atomic E-state index is 0.0447. The van der Waals surface area contributed by atoms with Crippen molar-refractivity contribution in [1.82, 2.24) is 0 Å². The number of anilines is 1. The molecule has 106 valence electrons. The molecule has 0 bridgehead atoms. The molecule has 0 saturated heterocycles. The zero-order valence-corrected chi connectivity index (χ0v) is 13.1. The predicted octanol–water partition coefficient (Wildman–Crippen LogP) is 4.17. The summed E-state index contributed by atoms with van der Waals surface area (Å²) in [5, 5.41) is 5.98. The van der Waals surface area contributed by atoms with Gasteiger partial charge in [-0.25, -0.2) is 5.01 Å². The van der Waals surface area contributed by atoms with Crippen LogP contribution in [0.4, 0.5) is 5.69 Å². The smallest absolute Gasteiger partial charge is 0.253 e. The van der Waals surface area contributed by atoms with Crippen LogP contribution in [0.15, 0.2) is 64.2 Å². The summed E-state index contributed by atoms with van der Waals surface area (Å²) in [7, 11) is 0. The number of amides is 1. The maximum absolute atomic E-state index is 12.1. The Morgan fingerprint density at radius 1 is 1.00 bits per heavy atom. The molecule has 1 amide bonds. The molecule has 3 nitrogen and oxygen atoms in total. The Hall–Kier alpha value is -1.94. The van der Waals surface area contributed by atoms with E-state index >= 15 is 0 Å². The average molecular weight is 343 g/mol. The van der Waals surface area contributed by atoms with Crippen LogP contribution < -0.4 is 5.01 Å². The van der Waals surface area contributed by atoms with Gasteiger partial charge in [0.1, 0.15) is 0 Å². The normalized spacial score (nSPS) is 14.4. The van der Waals surface area contributed by atoms with E-state index in [4.69, 9.17) is 0 Å². The van der Waals surface area contributed by atoms with Crippen molar-refractivity contribution in [2.75, 3.05) is 5.01 Å². The third-order valence-electron chi connectivity index (χ3n) is 3.47. The Kier molecular flexibility index (Phi) is 4.15. The molecular formula is C17H15BrN2O. The van der Waals surface area contributed by atoms with Crippen LogP contribution in [0.2, 0.25) is 0 Å². The lowest BCUT2D eigenvalue weighted by Crippen LogP contribution is -2.19. The summed E-state index contributed by atoms with van der Waals surface area (Å²) in [4.78, 5) is 12.1. The van der Waals surface area contributed by atoms with E-state index in [9.17, 15) is 4.79 Å². The summed E-state index contributed by atoms with van der Waals surface area (Å²) >= 11 is 3.55. The Labute approximate surface area is 132 Å². The second kappa shape index (κ2) is 6.22. The van der Waals surface area contributed by atoms with E-state index in [2.05, 4.69) is 27.1 Å². The van der Waals surface area contributed by atoms with Gasteiger partial charge in [-0.15, -0.1) is 0 Å². The van der Waals surface area contributed by atoms with Crippen molar-refractivity contribution in [3.05, 3.63) is 64.6 Å². The number of rotatable bonds is 4. The van der Waals surface area contributed by atoms with Crippen molar-refractivity contribution < 1.29 is 4.79 Å². The van der Waals surface area contributed by atoms with Crippen LogP contribution in [0.25, 0.3) is 0 Å². The van der Waals surface area contributed by atoms with Gasteiger partial charge in [-0.1, -0.05) is 52.3 Å². The van der Waals surface area contributed by atoms with Crippen molar-refractivity contribution in [2.24, 2.45) is 5.10 Å². The van der Waals surface area contributed by atoms with Gasteiger partial charge in [0.15, 0.2) is 0 Å². The topological polar surface area (TPSA) is 32.7 Å². The summed E-state index contributed by atoms with van der Waals surface area (Å²) in [5.74, 6) is 0.0447. The zero-order valence-electron chi connectivity index (χ0n) is 11.5. The van der Waals surface area contributed by atoms with Crippen LogP contribution in [-0.4, -0.2) is 11.6 Å². The lowest BCUT2D eigenvalue weighted by Gasteiger charge is -2.10. The van der Waals surface area contributed by atoms with Crippen LogP contribution in [0.1, 0.15) is 18.4 Å². The fourth-order valence-corrected chi connectivity index (χ4v) is 2.85. The monoisotopic (exact) mass is 342 g/mol. The van der Waals surface area contributed by atoms with E-state index < -0.39 is 0 Å². The lowest BCUT2D eigenvalue weighted by molar-refractivity contribution is -0.116. The summed E-state index contributed by atoms with van der Waals surface area (Å²) in [6.45, 7) is 0. The second-order valence-corrected chi connectivity index (χ2v) is 5.83. The first-order chi connectivity index (χ1) is 10.2. The van der Waals surface area contributed by atoms with Crippen molar-refractivity contribution >= 4 is 33.2 Å². The number of halogens is 1. The SMILES string of the molecule is O=C1CC(CCc2ccccc2Br)=NN1c1ccccc1. The molecule has 0 radical (unpaired) electrons. The van der Waals surface area contributed by atoms with Gasteiger partial charge in [-0.05, 0) is 36.6 Å². The zero-order chi connectivity index (χ0) is 14.7. The largest absolute Gasteiger partial charge is 0.272 e. The number of nitrogens with zero attached hydrogens (tertiary/aromatic N) is 2. The van der Waals surface area contributed by atoms with Gasteiger partial charge in [0.2, 0.25) is 0 Å². The Bertz CT molecular complexity index is 682. The Morgan fingerprint density at radius 3 is 2.48 bits per heavy atom. The molecule has 21 heavy (non-hydrogen) atoms. The molecule has 0 atom stereocenters. The van der Waals surface area contributed by atoms with Crippen molar-refractivity contribution in [3.63, 3.8) is 0 Å². The first-order valence-corrected chi connectivity index (χ1v) is 7.71. The highest BCUT2D eigenvalue weighted by Crippen LogP contribution is 2.23. The third-order valence-corrected chi connectivity index (χ3v) is 4.25. The van der Waals surface area contributed by atoms with Crippen LogP contribution in [0, 0.1) is 0 Å². The van der Waals surface area contributed by atoms with E-state index in [0.29, 0.717) is 6.42 Å². The number of hydrazone groups is 1. The van der Waals surface area contributed by atoms with Crippen molar-refractivity contribution in [2.45, 2.75) is 19.3 Å². The molecule has 4 heteroatoms. The molecule has 0 saturated carbocycles. The van der Waals surface area contributed by atoms with Crippen molar-refractivity contribution in [3.8, 4) is 0 Å². The molecule has 1 aliphatic rings. The summed E-state index contributed by atoms with van der Waals surface area (Å²) in [6, 6.07) is 17.7. The molecule has 0 N–H and O–H groups in total. The van der Waals surface area contributed by atoms with E-state index in [0.717, 1.165) is 28.7 Å². The molecule has 1 heterocycles. The highest BCUT2D eigenvalue weighted by Gasteiger charge is 2.24. The quantitative estimate of drug-likeness (QED) is 0.820. The fourth-order valence-electron chi connectivity index (χ4n) is 2.37. The predicted molar refractivity (Wildman–Crippen MR) is 88.4 cm³/mol. The molecule has 0 aliphatic carbocycles. The van der Waals surface area contributed by atoms with Crippen molar-refractivity contribution in [1.29, 1.82) is 0 Å². The average Bonchev–Trinajstić information content (AvgIpc) is 2.88. The van der Waals surface area contributed by atoms with Gasteiger partial charge in [0.25, 0.3) is 5.91 Å². The van der Waals surface area contributed by atoms with E-state index in [1.165, 1.54) is 10.6 Å². The Morgan fingerprint density at radius 2 is 1.71 bits per heavy atom. The first kappa shape index (κ1) is 14.0. The molecule has 0 unspecified atom stereocenters. The highest BCUT2D eigenvalue weighted by atomic mass is 79.9. The van der Waals surface area contributed by atoms with Gasteiger partial charge in [-0.3, -0.25) is 4.79 Å². The van der Waals surface area contributed by atoms with E-state index in [1.807, 2.05) is 48.5 Å². The minimum Gasteiger partial charge on any atom is -0.272 e. The summed E-state index contributed by atoms with van der Waals surface area (Å²) in [6.07, 6.45) is 2.10. The van der Waals surface area contributed by atoms with Crippen LogP contribution in [0.5, 0.6) is 0 Å². The van der Waals surface area contributed by atoms with Crippen LogP contribution in [0.3, 0.4) is 0 Å². The number of carbonyl (C=O) groups excluding carboxylic acids is 1. The maximum atomic E-state index is 12.1. The second-order valence-electron chi connectivity index (χ2n) is 4.98. The Balaban J connectivity index is 1.70. The number of hydrogen-bond donors (Lipinski definition) is 0. The molecule has 3 rings (SSSR count). The summed E-state index contributed by atoms with van der Waals surface area (Å²) < 4.78 is 1.11. The van der Waals surface area contributed by atoms with Gasteiger partial charge in [0.05, 0.1) is 12.1 Å². The third kappa shape index (κ3) is 3.22. The standard InChI is InChI=1S/C17H15BrN2O/c18-16-9-5-4-6-13(16)10-11-14-12-17(21)20(19-14)15-7-2-1-3-8-15/h1-9H,10-12H2. The number of aryl methyl sites for hydroxylation is 1. The highest BCUT2D eigenvalue weighted by molar-refractivity contribution is 9.10. The lowest BCUT2D eigenvalue weighted by atomic mass is 10.1. The van der Waals surface area contributed by atoms with Gasteiger partial charge in [-0.2, -0.15) is 5.10 Å². The molecule has 1 aliphatic heterocycles. The van der Waals surface area contributed by atoms with Gasteiger partial charge in [0, 0.05) is 10.2 Å². The molecule has 2 aromatic carbocycles. The molecule has 0 fully saturated rings. The molecule has 0 spiro atoms.